The van der Waals surface area contributed by atoms with Crippen molar-refractivity contribution < 1.29 is 40.6 Å². The Balaban J connectivity index is 0. The lowest BCUT2D eigenvalue weighted by molar-refractivity contribution is -0.143. The van der Waals surface area contributed by atoms with E-state index in [0.717, 1.165) is 32.8 Å². The summed E-state index contributed by atoms with van der Waals surface area (Å²) in [6.45, 7) is 1.93. The molecular weight excluding hydrogens is 396 g/mol. The molecule has 0 unspecified atom stereocenters. The summed E-state index contributed by atoms with van der Waals surface area (Å²) >= 11 is 0. The smallest absolute Gasteiger partial charge is 0.399 e. The highest BCUT2D eigenvalue weighted by molar-refractivity contribution is 7.81. The van der Waals surface area contributed by atoms with Crippen molar-refractivity contribution in [1.82, 2.24) is 5.32 Å². The van der Waals surface area contributed by atoms with Gasteiger partial charge in [0.1, 0.15) is 12.1 Å². The van der Waals surface area contributed by atoms with E-state index in [1.54, 1.807) is 0 Å². The zero-order chi connectivity index (χ0) is 21.0. The molecule has 2 atom stereocenters. The third-order valence-electron chi connectivity index (χ3n) is 3.52. The second kappa shape index (κ2) is 14.0. The van der Waals surface area contributed by atoms with E-state index < -0.39 is 16.4 Å². The topological polar surface area (TPSA) is 147 Å². The third-order valence-corrected chi connectivity index (χ3v) is 4.33. The molecule has 0 spiro atoms. The van der Waals surface area contributed by atoms with E-state index in [0.29, 0.717) is 12.8 Å². The Hall–Kier alpha value is -2.05. The van der Waals surface area contributed by atoms with Gasteiger partial charge in [0.05, 0.1) is 28.4 Å². The van der Waals surface area contributed by atoms with Gasteiger partial charge in [-0.15, -0.1) is 0 Å². The molecule has 0 bridgehead atoms. The SMILES string of the molecule is C.COC(=O)[C@@H]1CCC(=O)N1.COC(=O)[C@@H]1CCC(C)=N1.COS(=O)(=O)OC. The van der Waals surface area contributed by atoms with E-state index in [1.807, 2.05) is 6.92 Å². The van der Waals surface area contributed by atoms with Crippen molar-refractivity contribution in [3.05, 3.63) is 0 Å². The highest BCUT2D eigenvalue weighted by Gasteiger charge is 2.27. The first-order chi connectivity index (χ1) is 12.6. The normalized spacial score (nSPS) is 20.2. The van der Waals surface area contributed by atoms with Crippen LogP contribution in [0.1, 0.15) is 40.0 Å². The average Bonchev–Trinajstić information content (AvgIpc) is 3.30. The second-order valence-electron chi connectivity index (χ2n) is 5.37. The summed E-state index contributed by atoms with van der Waals surface area (Å²) in [6, 6.07) is -0.623. The zero-order valence-corrected chi connectivity index (χ0v) is 16.8. The van der Waals surface area contributed by atoms with E-state index in [1.165, 1.54) is 14.2 Å². The molecule has 12 heteroatoms. The summed E-state index contributed by atoms with van der Waals surface area (Å²) in [7, 11) is 1.10. The molecule has 0 aliphatic carbocycles. The molecule has 0 saturated carbocycles. The Bertz CT molecular complexity index is 637. The van der Waals surface area contributed by atoms with E-state index >= 15 is 0 Å². The van der Waals surface area contributed by atoms with E-state index in [-0.39, 0.29) is 31.3 Å². The number of carbonyl (C=O) groups is 3. The zero-order valence-electron chi connectivity index (χ0n) is 16.0. The van der Waals surface area contributed by atoms with Crippen LogP contribution in [0.4, 0.5) is 0 Å². The number of amides is 1. The largest absolute Gasteiger partial charge is 0.467 e. The molecular formula is C16H30N2O9S. The summed E-state index contributed by atoms with van der Waals surface area (Å²) in [5.74, 6) is -0.641. The van der Waals surface area contributed by atoms with Gasteiger partial charge < -0.3 is 14.8 Å². The van der Waals surface area contributed by atoms with Crippen LogP contribution in [0.3, 0.4) is 0 Å². The fourth-order valence-electron chi connectivity index (χ4n) is 2.05. The van der Waals surface area contributed by atoms with Crippen LogP contribution >= 0.6 is 0 Å². The lowest BCUT2D eigenvalue weighted by Crippen LogP contribution is -2.33. The first kappa shape index (κ1) is 28.2. The number of nitrogens with one attached hydrogen (secondary N) is 1. The summed E-state index contributed by atoms with van der Waals surface area (Å²) in [5, 5.41) is 2.49. The van der Waals surface area contributed by atoms with Gasteiger partial charge in [0.2, 0.25) is 5.91 Å². The van der Waals surface area contributed by atoms with Gasteiger partial charge in [-0.1, -0.05) is 7.43 Å². The van der Waals surface area contributed by atoms with E-state index in [4.69, 9.17) is 0 Å². The van der Waals surface area contributed by atoms with Crippen LogP contribution in [0.5, 0.6) is 0 Å². The monoisotopic (exact) mass is 426 g/mol. The van der Waals surface area contributed by atoms with Crippen molar-refractivity contribution in [2.45, 2.75) is 52.1 Å². The van der Waals surface area contributed by atoms with Crippen molar-refractivity contribution in [3.8, 4) is 0 Å². The number of methoxy groups -OCH3 is 2. The maximum Gasteiger partial charge on any atom is 0.399 e. The van der Waals surface area contributed by atoms with Crippen LogP contribution in [-0.4, -0.2) is 72.5 Å². The molecule has 1 amide bonds. The molecule has 1 N–H and O–H groups in total. The van der Waals surface area contributed by atoms with Gasteiger partial charge in [0.15, 0.2) is 0 Å². The van der Waals surface area contributed by atoms with Crippen molar-refractivity contribution in [2.24, 2.45) is 4.99 Å². The maximum atomic E-state index is 10.8. The highest BCUT2D eigenvalue weighted by atomic mass is 32.3. The summed E-state index contributed by atoms with van der Waals surface area (Å²) in [6.07, 6.45) is 2.74. The molecule has 2 aliphatic heterocycles. The minimum Gasteiger partial charge on any atom is -0.467 e. The number of aliphatic imine (C=N–C) groups is 1. The first-order valence-electron chi connectivity index (χ1n) is 7.94. The van der Waals surface area contributed by atoms with Gasteiger partial charge in [-0.2, -0.15) is 8.42 Å². The lowest BCUT2D eigenvalue weighted by atomic mass is 10.2. The molecule has 164 valence electrons. The van der Waals surface area contributed by atoms with Gasteiger partial charge >= 0.3 is 22.3 Å². The van der Waals surface area contributed by atoms with Crippen LogP contribution in [0, 0.1) is 0 Å². The summed E-state index contributed by atoms with van der Waals surface area (Å²) < 4.78 is 36.5. The Morgan fingerprint density at radius 3 is 1.82 bits per heavy atom. The molecule has 0 radical (unpaired) electrons. The molecule has 2 heterocycles. The Labute approximate surface area is 166 Å². The number of carbonyl (C=O) groups excluding carboxylic acids is 3. The minimum atomic E-state index is -3.66. The lowest BCUT2D eigenvalue weighted by Gasteiger charge is -2.04. The molecule has 11 nitrogen and oxygen atoms in total. The van der Waals surface area contributed by atoms with E-state index in [9.17, 15) is 22.8 Å². The number of hydrogen-bond acceptors (Lipinski definition) is 10. The molecule has 0 aromatic rings. The number of hydrogen-bond donors (Lipinski definition) is 1. The number of ether oxygens (including phenoxy) is 2. The van der Waals surface area contributed by atoms with Gasteiger partial charge in [-0.25, -0.2) is 9.59 Å². The van der Waals surface area contributed by atoms with Crippen molar-refractivity contribution >= 4 is 34.0 Å². The first-order valence-corrected chi connectivity index (χ1v) is 9.28. The Morgan fingerprint density at radius 1 is 1.00 bits per heavy atom. The van der Waals surface area contributed by atoms with E-state index in [2.05, 4.69) is 28.1 Å². The third kappa shape index (κ3) is 10.9. The fourth-order valence-corrected chi connectivity index (χ4v) is 2.18. The van der Waals surface area contributed by atoms with Gasteiger partial charge in [0.25, 0.3) is 0 Å². The van der Waals surface area contributed by atoms with Crippen molar-refractivity contribution in [2.75, 3.05) is 28.4 Å². The summed E-state index contributed by atoms with van der Waals surface area (Å²) in [5.41, 5.74) is 1.05. The molecule has 1 saturated heterocycles. The fraction of sp³-hybridized carbons (Fsp3) is 0.750. The highest BCUT2D eigenvalue weighted by Crippen LogP contribution is 2.13. The minimum absolute atomic E-state index is 0. The molecule has 2 rings (SSSR count). The van der Waals surface area contributed by atoms with Crippen LogP contribution < -0.4 is 5.32 Å². The number of rotatable bonds is 4. The van der Waals surface area contributed by atoms with Crippen molar-refractivity contribution in [1.29, 1.82) is 0 Å². The average molecular weight is 426 g/mol. The second-order valence-corrected chi connectivity index (χ2v) is 6.85. The molecule has 0 aromatic carbocycles. The molecule has 2 aliphatic rings. The van der Waals surface area contributed by atoms with Crippen LogP contribution in [-0.2, 0) is 42.6 Å². The van der Waals surface area contributed by atoms with Crippen LogP contribution in [0.2, 0.25) is 0 Å². The van der Waals surface area contributed by atoms with Crippen LogP contribution in [0.15, 0.2) is 4.99 Å². The van der Waals surface area contributed by atoms with Gasteiger partial charge in [-0.3, -0.25) is 18.2 Å². The predicted octanol–water partition coefficient (Wildman–Crippen LogP) is 0.381. The van der Waals surface area contributed by atoms with Crippen molar-refractivity contribution in [3.63, 3.8) is 0 Å². The Kier molecular flexibility index (Phi) is 14.1. The van der Waals surface area contributed by atoms with Gasteiger partial charge in [0, 0.05) is 12.1 Å². The number of esters is 2. The summed E-state index contributed by atoms with van der Waals surface area (Å²) in [4.78, 5) is 36.2. The molecule has 0 aromatic heterocycles. The quantitative estimate of drug-likeness (QED) is 0.630. The maximum absolute atomic E-state index is 10.8. The standard InChI is InChI=1S/C7H11NO2.C6H9NO3.C2H6O4S.CH4/c1-5-3-4-6(8-5)7(9)10-2;1-10-6(9)4-2-3-5(8)7-4;1-5-7(3,4)6-2;/h6H,3-4H2,1-2H3;4H,2-3H2,1H3,(H,7,8);1-2H3;1H4/t6-;4-;;/m00../s1. The van der Waals surface area contributed by atoms with Crippen LogP contribution in [0.25, 0.3) is 0 Å². The molecule has 1 fully saturated rings. The van der Waals surface area contributed by atoms with Gasteiger partial charge in [-0.05, 0) is 26.2 Å². The Morgan fingerprint density at radius 2 is 1.54 bits per heavy atom. The predicted molar refractivity (Wildman–Crippen MR) is 101 cm³/mol. The number of nitrogens with zero attached hydrogens (tertiary/aromatic N) is 1. The molecule has 28 heavy (non-hydrogen) atoms.